The summed E-state index contributed by atoms with van der Waals surface area (Å²) in [5.41, 5.74) is 1.58. The van der Waals surface area contributed by atoms with E-state index in [4.69, 9.17) is 23.2 Å². The van der Waals surface area contributed by atoms with Crippen molar-refractivity contribution in [2.75, 3.05) is 0 Å². The Labute approximate surface area is 103 Å². The van der Waals surface area contributed by atoms with Crippen LogP contribution in [-0.2, 0) is 5.11 Å². The fourth-order valence-corrected chi connectivity index (χ4v) is 1.87. The van der Waals surface area contributed by atoms with Gasteiger partial charge in [-0.15, -0.1) is 0 Å². The molecule has 0 aliphatic heterocycles. The summed E-state index contributed by atoms with van der Waals surface area (Å²) in [4.78, 5) is 0. The number of phenols is 1. The predicted molar refractivity (Wildman–Crippen MR) is 63.7 cm³/mol. The lowest BCUT2D eigenvalue weighted by Gasteiger charge is -2.05. The Morgan fingerprint density at radius 2 is 1.38 bits per heavy atom. The van der Waals surface area contributed by atoms with E-state index in [0.717, 1.165) is 11.1 Å². The lowest BCUT2D eigenvalue weighted by atomic mass is 10.1. The first-order chi connectivity index (χ1) is 7.58. The maximum absolute atomic E-state index is 10.9. The van der Waals surface area contributed by atoms with E-state index in [0.29, 0.717) is 0 Å². The number of halogens is 2. The van der Waals surface area contributed by atoms with Gasteiger partial charge in [0.1, 0.15) is 0 Å². The first-order valence-corrected chi connectivity index (χ1v) is 5.29. The van der Waals surface area contributed by atoms with Gasteiger partial charge in [-0.05, 0) is 35.4 Å². The van der Waals surface area contributed by atoms with Crippen LogP contribution in [0.5, 0.6) is 11.5 Å². The largest absolute Gasteiger partial charge is 0.505 e. The van der Waals surface area contributed by atoms with Gasteiger partial charge in [-0.3, -0.25) is 5.11 Å². The third kappa shape index (κ3) is 2.08. The van der Waals surface area contributed by atoms with Gasteiger partial charge >= 0.3 is 0 Å². The molecule has 0 fully saturated rings. The van der Waals surface area contributed by atoms with Gasteiger partial charge in [0.15, 0.2) is 11.5 Å². The van der Waals surface area contributed by atoms with E-state index in [2.05, 4.69) is 0 Å². The number of benzene rings is 2. The molecule has 0 aliphatic rings. The van der Waals surface area contributed by atoms with E-state index in [-0.39, 0.29) is 21.5 Å². The van der Waals surface area contributed by atoms with E-state index < -0.39 is 0 Å². The summed E-state index contributed by atoms with van der Waals surface area (Å²) >= 11 is 11.6. The molecule has 2 rings (SSSR count). The molecule has 2 aromatic rings. The van der Waals surface area contributed by atoms with Crippen LogP contribution < -0.4 is 0 Å². The third-order valence-corrected chi connectivity index (χ3v) is 2.78. The lowest BCUT2D eigenvalue weighted by molar-refractivity contribution is 0.355. The molecule has 1 radical (unpaired) electrons. The van der Waals surface area contributed by atoms with Crippen LogP contribution in [0.3, 0.4) is 0 Å². The van der Waals surface area contributed by atoms with Crippen molar-refractivity contribution < 1.29 is 10.2 Å². The Morgan fingerprint density at radius 3 is 1.88 bits per heavy atom. The average molecular weight is 254 g/mol. The topological polar surface area (TPSA) is 40.1 Å². The molecule has 1 N–H and O–H groups in total. The highest BCUT2D eigenvalue weighted by atomic mass is 35.5. The molecule has 81 valence electrons. The average Bonchev–Trinajstić information content (AvgIpc) is 2.26. The standard InChI is InChI=1S/C12H7Cl2O2/c13-10-5-8(6-11(14)12(10)16)7-1-3-9(15)4-2-7/h1-6,16H. The van der Waals surface area contributed by atoms with Crippen LogP contribution in [0.1, 0.15) is 0 Å². The van der Waals surface area contributed by atoms with Crippen LogP contribution >= 0.6 is 23.2 Å². The van der Waals surface area contributed by atoms with Crippen molar-refractivity contribution in [2.45, 2.75) is 0 Å². The SMILES string of the molecule is [O]c1ccc(-c2cc(Cl)c(O)c(Cl)c2)cc1. The zero-order valence-electron chi connectivity index (χ0n) is 8.08. The molecule has 0 heterocycles. The number of hydrogen-bond donors (Lipinski definition) is 1. The smallest absolute Gasteiger partial charge is 0.178 e. The Hall–Kier alpha value is -1.38. The van der Waals surface area contributed by atoms with Crippen LogP contribution in [-0.4, -0.2) is 5.11 Å². The summed E-state index contributed by atoms with van der Waals surface area (Å²) < 4.78 is 0. The van der Waals surface area contributed by atoms with E-state index >= 15 is 0 Å². The molecule has 0 saturated heterocycles. The highest BCUT2D eigenvalue weighted by Crippen LogP contribution is 2.36. The summed E-state index contributed by atoms with van der Waals surface area (Å²) in [5.74, 6) is -0.188. The molecule has 0 saturated carbocycles. The summed E-state index contributed by atoms with van der Waals surface area (Å²) in [7, 11) is 0. The van der Waals surface area contributed by atoms with Gasteiger partial charge < -0.3 is 5.11 Å². The molecule has 0 spiro atoms. The molecule has 0 aromatic heterocycles. The first-order valence-electron chi connectivity index (χ1n) is 4.53. The molecule has 0 bridgehead atoms. The van der Waals surface area contributed by atoms with Crippen LogP contribution in [0, 0.1) is 0 Å². The number of phenolic OH excluding ortho intramolecular Hbond substituents is 1. The summed E-state index contributed by atoms with van der Waals surface area (Å²) in [5, 5.41) is 20.7. The molecule has 16 heavy (non-hydrogen) atoms. The van der Waals surface area contributed by atoms with E-state index in [1.54, 1.807) is 24.3 Å². The fraction of sp³-hybridized carbons (Fsp3) is 0. The second-order valence-corrected chi connectivity index (χ2v) is 4.13. The van der Waals surface area contributed by atoms with Crippen molar-refractivity contribution in [1.29, 1.82) is 0 Å². The summed E-state index contributed by atoms with van der Waals surface area (Å²) in [6, 6.07) is 9.49. The molecule has 4 heteroatoms. The van der Waals surface area contributed by atoms with Crippen LogP contribution in [0.25, 0.3) is 11.1 Å². The molecule has 2 nitrogen and oxygen atoms in total. The van der Waals surface area contributed by atoms with Crippen LogP contribution in [0.2, 0.25) is 10.0 Å². The van der Waals surface area contributed by atoms with Crippen molar-refractivity contribution in [1.82, 2.24) is 0 Å². The van der Waals surface area contributed by atoms with Gasteiger partial charge in [-0.1, -0.05) is 35.3 Å². The van der Waals surface area contributed by atoms with Crippen molar-refractivity contribution in [3.05, 3.63) is 46.4 Å². The third-order valence-electron chi connectivity index (χ3n) is 2.20. The minimum atomic E-state index is -0.132. The summed E-state index contributed by atoms with van der Waals surface area (Å²) in [6.07, 6.45) is 0. The second kappa shape index (κ2) is 4.24. The predicted octanol–water partition coefficient (Wildman–Crippen LogP) is 4.51. The Kier molecular flexibility index (Phi) is 2.95. The molecule has 0 unspecified atom stereocenters. The quantitative estimate of drug-likeness (QED) is 0.798. The van der Waals surface area contributed by atoms with Crippen LogP contribution in [0.4, 0.5) is 0 Å². The van der Waals surface area contributed by atoms with Gasteiger partial charge in [0, 0.05) is 0 Å². The van der Waals surface area contributed by atoms with Gasteiger partial charge in [0.05, 0.1) is 10.0 Å². The Bertz CT molecular complexity index is 498. The second-order valence-electron chi connectivity index (χ2n) is 3.31. The molecular weight excluding hydrogens is 247 g/mol. The van der Waals surface area contributed by atoms with Crippen LogP contribution in [0.15, 0.2) is 36.4 Å². The monoisotopic (exact) mass is 253 g/mol. The molecule has 0 atom stereocenters. The Morgan fingerprint density at radius 1 is 0.875 bits per heavy atom. The molecule has 2 aromatic carbocycles. The molecule has 0 amide bonds. The maximum atomic E-state index is 10.9. The van der Waals surface area contributed by atoms with Gasteiger partial charge in [0.2, 0.25) is 0 Å². The molecule has 0 aliphatic carbocycles. The van der Waals surface area contributed by atoms with Gasteiger partial charge in [-0.2, -0.15) is 0 Å². The van der Waals surface area contributed by atoms with Crippen molar-refractivity contribution in [2.24, 2.45) is 0 Å². The summed E-state index contributed by atoms with van der Waals surface area (Å²) in [6.45, 7) is 0. The van der Waals surface area contributed by atoms with E-state index in [1.807, 2.05) is 0 Å². The van der Waals surface area contributed by atoms with Crippen molar-refractivity contribution in [3.8, 4) is 22.6 Å². The number of hydrogen-bond acceptors (Lipinski definition) is 1. The Balaban J connectivity index is 2.52. The van der Waals surface area contributed by atoms with Gasteiger partial charge in [-0.25, -0.2) is 0 Å². The zero-order chi connectivity index (χ0) is 11.7. The number of aromatic hydroxyl groups is 1. The van der Waals surface area contributed by atoms with Crippen molar-refractivity contribution >= 4 is 23.2 Å². The van der Waals surface area contributed by atoms with E-state index in [1.165, 1.54) is 12.1 Å². The van der Waals surface area contributed by atoms with Gasteiger partial charge in [0.25, 0.3) is 0 Å². The van der Waals surface area contributed by atoms with E-state index in [9.17, 15) is 10.2 Å². The highest BCUT2D eigenvalue weighted by Gasteiger charge is 2.08. The number of rotatable bonds is 1. The highest BCUT2D eigenvalue weighted by molar-refractivity contribution is 6.37. The maximum Gasteiger partial charge on any atom is 0.178 e. The fourth-order valence-electron chi connectivity index (χ4n) is 1.38. The van der Waals surface area contributed by atoms with Crippen molar-refractivity contribution in [3.63, 3.8) is 0 Å². The lowest BCUT2D eigenvalue weighted by Crippen LogP contribution is -1.79. The normalized spacial score (nSPS) is 10.4. The minimum Gasteiger partial charge on any atom is -0.505 e. The first kappa shape index (κ1) is 11.1. The molecular formula is C12H7Cl2O2. The zero-order valence-corrected chi connectivity index (χ0v) is 9.59. The minimum absolute atomic E-state index is 0.0558.